The number of hydrogen-bond acceptors (Lipinski definition) is 4. The predicted octanol–water partition coefficient (Wildman–Crippen LogP) is 1.38. The van der Waals surface area contributed by atoms with Gasteiger partial charge in [-0.3, -0.25) is 9.00 Å². The van der Waals surface area contributed by atoms with Crippen molar-refractivity contribution in [3.63, 3.8) is 0 Å². The second-order valence-electron chi connectivity index (χ2n) is 3.62. The Labute approximate surface area is 123 Å². The van der Waals surface area contributed by atoms with Gasteiger partial charge in [-0.2, -0.15) is 0 Å². The Balaban J connectivity index is 2.91. The van der Waals surface area contributed by atoms with Crippen molar-refractivity contribution >= 4 is 48.0 Å². The van der Waals surface area contributed by atoms with Crippen LogP contribution in [0.5, 0.6) is 0 Å². The minimum atomic E-state index is -4.01. The zero-order valence-electron chi connectivity index (χ0n) is 9.85. The molecular weight excluding hydrogens is 333 g/mol. The van der Waals surface area contributed by atoms with E-state index in [1.165, 1.54) is 18.4 Å². The van der Waals surface area contributed by atoms with Crippen LogP contribution in [0.1, 0.15) is 10.4 Å². The Kier molecular flexibility index (Phi) is 5.79. The number of benzene rings is 1. The normalized spacial score (nSPS) is 13.0. The second kappa shape index (κ2) is 6.69. The Bertz CT molecular complexity index is 616. The molecule has 0 aromatic heterocycles. The number of rotatable bonds is 5. The zero-order valence-corrected chi connectivity index (χ0v) is 13.0. The lowest BCUT2D eigenvalue weighted by atomic mass is 10.2. The molecule has 1 aromatic rings. The fraction of sp³-hybridized carbons (Fsp3) is 0.300. The van der Waals surface area contributed by atoms with Gasteiger partial charge in [0.25, 0.3) is 15.0 Å². The molecule has 9 heteroatoms. The summed E-state index contributed by atoms with van der Waals surface area (Å²) in [6.07, 6.45) is 1.52. The van der Waals surface area contributed by atoms with Gasteiger partial charge in [-0.05, 0) is 18.2 Å². The van der Waals surface area contributed by atoms with Gasteiger partial charge < -0.3 is 5.32 Å². The van der Waals surface area contributed by atoms with Gasteiger partial charge in [-0.25, -0.2) is 8.42 Å². The van der Waals surface area contributed by atoms with Gasteiger partial charge in [-0.1, -0.05) is 11.6 Å². The molecule has 1 rings (SSSR count). The van der Waals surface area contributed by atoms with Crippen LogP contribution in [-0.4, -0.2) is 37.1 Å². The molecule has 0 radical (unpaired) electrons. The number of hydrogen-bond donors (Lipinski definition) is 1. The van der Waals surface area contributed by atoms with Gasteiger partial charge in [0.2, 0.25) is 0 Å². The number of carbonyl (C=O) groups is 1. The Morgan fingerprint density at radius 2 is 2.05 bits per heavy atom. The van der Waals surface area contributed by atoms with E-state index < -0.39 is 25.8 Å². The maximum atomic E-state index is 11.7. The van der Waals surface area contributed by atoms with Crippen molar-refractivity contribution in [1.82, 2.24) is 5.32 Å². The molecule has 0 saturated heterocycles. The van der Waals surface area contributed by atoms with Gasteiger partial charge >= 0.3 is 0 Å². The molecule has 0 saturated carbocycles. The first-order valence-electron chi connectivity index (χ1n) is 5.04. The van der Waals surface area contributed by atoms with Crippen LogP contribution in [0.4, 0.5) is 0 Å². The summed E-state index contributed by atoms with van der Waals surface area (Å²) in [4.78, 5) is 11.4. The maximum Gasteiger partial charge on any atom is 0.262 e. The van der Waals surface area contributed by atoms with Gasteiger partial charge in [0.1, 0.15) is 4.90 Å². The van der Waals surface area contributed by atoms with Crippen molar-refractivity contribution in [2.75, 3.05) is 18.6 Å². The monoisotopic (exact) mass is 343 g/mol. The quantitative estimate of drug-likeness (QED) is 0.819. The highest BCUT2D eigenvalue weighted by atomic mass is 35.7. The summed E-state index contributed by atoms with van der Waals surface area (Å²) < 4.78 is 33.3. The van der Waals surface area contributed by atoms with Crippen LogP contribution < -0.4 is 5.32 Å². The van der Waals surface area contributed by atoms with E-state index >= 15 is 0 Å². The van der Waals surface area contributed by atoms with E-state index in [2.05, 4.69) is 5.32 Å². The van der Waals surface area contributed by atoms with Crippen LogP contribution in [0.25, 0.3) is 0 Å². The average molecular weight is 344 g/mol. The Morgan fingerprint density at radius 3 is 2.58 bits per heavy atom. The third-order valence-electron chi connectivity index (χ3n) is 2.13. The van der Waals surface area contributed by atoms with Gasteiger partial charge in [-0.15, -0.1) is 0 Å². The molecule has 0 fully saturated rings. The van der Waals surface area contributed by atoms with E-state index in [0.29, 0.717) is 5.75 Å². The van der Waals surface area contributed by atoms with Crippen LogP contribution >= 0.6 is 22.3 Å². The summed E-state index contributed by atoms with van der Waals surface area (Å²) in [6, 6.07) is 3.76. The van der Waals surface area contributed by atoms with E-state index in [9.17, 15) is 17.4 Å². The highest BCUT2D eigenvalue weighted by Crippen LogP contribution is 2.25. The van der Waals surface area contributed by atoms with Gasteiger partial charge in [0.05, 0.1) is 5.02 Å². The lowest BCUT2D eigenvalue weighted by Gasteiger charge is -2.06. The van der Waals surface area contributed by atoms with E-state index in [1.807, 2.05) is 0 Å². The average Bonchev–Trinajstić information content (AvgIpc) is 2.27. The van der Waals surface area contributed by atoms with Crippen molar-refractivity contribution in [1.29, 1.82) is 0 Å². The van der Waals surface area contributed by atoms with E-state index in [1.54, 1.807) is 0 Å². The first kappa shape index (κ1) is 16.4. The molecule has 5 nitrogen and oxygen atoms in total. The summed E-state index contributed by atoms with van der Waals surface area (Å²) in [5.41, 5.74) is 0.116. The number of amides is 1. The van der Waals surface area contributed by atoms with Crippen molar-refractivity contribution in [3.8, 4) is 0 Å². The highest BCUT2D eigenvalue weighted by molar-refractivity contribution is 8.13. The van der Waals surface area contributed by atoms with Crippen molar-refractivity contribution < 1.29 is 17.4 Å². The van der Waals surface area contributed by atoms with Crippen molar-refractivity contribution in [2.24, 2.45) is 0 Å². The summed E-state index contributed by atoms with van der Waals surface area (Å²) in [5.74, 6) is -0.163. The van der Waals surface area contributed by atoms with Gasteiger partial charge in [0.15, 0.2) is 0 Å². The first-order chi connectivity index (χ1) is 8.71. The summed E-state index contributed by atoms with van der Waals surface area (Å²) in [7, 11) is 0.177. The molecule has 106 valence electrons. The van der Waals surface area contributed by atoms with Gasteiger partial charge in [0, 0.05) is 45.6 Å². The fourth-order valence-electron chi connectivity index (χ4n) is 1.24. The second-order valence-corrected chi connectivity index (χ2v) is 8.11. The third-order valence-corrected chi connectivity index (χ3v) is 4.71. The number of nitrogens with one attached hydrogen (secondary N) is 1. The molecule has 0 spiro atoms. The van der Waals surface area contributed by atoms with Crippen LogP contribution in [0.3, 0.4) is 0 Å². The summed E-state index contributed by atoms with van der Waals surface area (Å²) >= 11 is 5.70. The maximum absolute atomic E-state index is 11.7. The Morgan fingerprint density at radius 1 is 1.42 bits per heavy atom. The topological polar surface area (TPSA) is 80.3 Å². The van der Waals surface area contributed by atoms with E-state index in [-0.39, 0.29) is 22.0 Å². The molecule has 1 N–H and O–H groups in total. The molecule has 1 aromatic carbocycles. The number of halogens is 2. The molecule has 0 aliphatic heterocycles. The SMILES string of the molecule is CS(=O)CCNC(=O)c1ccc(Cl)c(S(=O)(=O)Cl)c1. The largest absolute Gasteiger partial charge is 0.351 e. The molecule has 1 atom stereocenters. The Hall–Kier alpha value is -0.630. The molecule has 19 heavy (non-hydrogen) atoms. The van der Waals surface area contributed by atoms with Crippen LogP contribution in [0.15, 0.2) is 23.1 Å². The standard InChI is InChI=1S/C10H11Cl2NO4S2/c1-18(15)5-4-13-10(14)7-2-3-8(11)9(6-7)19(12,16)17/h2-3,6H,4-5H2,1H3,(H,13,14). The van der Waals surface area contributed by atoms with E-state index in [4.69, 9.17) is 22.3 Å². The van der Waals surface area contributed by atoms with Crippen LogP contribution in [-0.2, 0) is 19.9 Å². The molecule has 1 amide bonds. The van der Waals surface area contributed by atoms with Crippen molar-refractivity contribution in [3.05, 3.63) is 28.8 Å². The summed E-state index contributed by atoms with van der Waals surface area (Å²) in [6.45, 7) is 0.230. The minimum absolute atomic E-state index is 0.0544. The smallest absolute Gasteiger partial charge is 0.262 e. The molecule has 1 unspecified atom stereocenters. The third kappa shape index (κ3) is 5.10. The van der Waals surface area contributed by atoms with Crippen molar-refractivity contribution in [2.45, 2.75) is 4.90 Å². The van der Waals surface area contributed by atoms with E-state index in [0.717, 1.165) is 6.07 Å². The molecule has 0 heterocycles. The molecule has 0 aliphatic carbocycles. The summed E-state index contributed by atoms with van der Waals surface area (Å²) in [5, 5.41) is 2.46. The lowest BCUT2D eigenvalue weighted by Crippen LogP contribution is -2.27. The van der Waals surface area contributed by atoms with Crippen LogP contribution in [0, 0.1) is 0 Å². The predicted molar refractivity (Wildman–Crippen MR) is 75.8 cm³/mol. The zero-order chi connectivity index (χ0) is 14.6. The molecule has 0 bridgehead atoms. The lowest BCUT2D eigenvalue weighted by molar-refractivity contribution is 0.0956. The molecular formula is C10H11Cl2NO4S2. The fourth-order valence-corrected chi connectivity index (χ4v) is 3.12. The first-order valence-corrected chi connectivity index (χ1v) is 9.45. The highest BCUT2D eigenvalue weighted by Gasteiger charge is 2.17. The number of carbonyl (C=O) groups excluding carboxylic acids is 1. The van der Waals surface area contributed by atoms with Crippen LogP contribution in [0.2, 0.25) is 5.02 Å². The molecule has 0 aliphatic rings. The minimum Gasteiger partial charge on any atom is -0.351 e.